The first-order valence-corrected chi connectivity index (χ1v) is 7.57. The second-order valence-electron chi connectivity index (χ2n) is 4.89. The number of anilines is 1. The van der Waals surface area contributed by atoms with Crippen molar-refractivity contribution in [1.29, 1.82) is 0 Å². The molecular weight excluding hydrogens is 322 g/mol. The first-order chi connectivity index (χ1) is 9.55. The number of benzene rings is 1. The third kappa shape index (κ3) is 1.97. The number of sulfonamides is 1. The molecule has 7 nitrogen and oxygen atoms in total. The summed E-state index contributed by atoms with van der Waals surface area (Å²) in [5, 5.41) is 8.86. The molecule has 0 atom stereocenters. The normalized spacial score (nSPS) is 19.0. The Labute approximate surface area is 126 Å². The Bertz CT molecular complexity index is 755. The lowest BCUT2D eigenvalue weighted by atomic mass is 10.1. The Hall–Kier alpha value is -1.80. The van der Waals surface area contributed by atoms with E-state index in [1.54, 1.807) is 0 Å². The number of amides is 1. The van der Waals surface area contributed by atoms with Crippen LogP contribution in [-0.4, -0.2) is 37.3 Å². The molecule has 1 aromatic carbocycles. The standard InChI is InChI=1S/C12H12ClNO6S/c1-12(2)11(17)14(21(12,18)19)8-5-9(20-3)6(10(15)16)4-7(8)13/h4-5H,1-3H3,(H,15,16). The minimum absolute atomic E-state index is 0.0883. The lowest BCUT2D eigenvalue weighted by Gasteiger charge is -2.43. The number of ether oxygens (including phenoxy) is 1. The molecule has 21 heavy (non-hydrogen) atoms. The number of carbonyl (C=O) groups is 2. The van der Waals surface area contributed by atoms with Crippen LogP contribution in [0.3, 0.4) is 0 Å². The molecule has 1 saturated heterocycles. The van der Waals surface area contributed by atoms with Crippen molar-refractivity contribution in [2.75, 3.05) is 11.4 Å². The summed E-state index contributed by atoms with van der Waals surface area (Å²) in [6.07, 6.45) is 0. The fourth-order valence-corrected chi connectivity index (χ4v) is 3.72. The van der Waals surface area contributed by atoms with Gasteiger partial charge in [-0.25, -0.2) is 17.5 Å². The van der Waals surface area contributed by atoms with Gasteiger partial charge in [0.1, 0.15) is 11.3 Å². The summed E-state index contributed by atoms with van der Waals surface area (Å²) in [7, 11) is -2.65. The summed E-state index contributed by atoms with van der Waals surface area (Å²) in [6, 6.07) is 2.17. The van der Waals surface area contributed by atoms with Crippen molar-refractivity contribution < 1.29 is 27.9 Å². The topological polar surface area (TPSA) is 101 Å². The second-order valence-corrected chi connectivity index (χ2v) is 7.64. The highest BCUT2D eigenvalue weighted by Crippen LogP contribution is 2.44. The summed E-state index contributed by atoms with van der Waals surface area (Å²) in [4.78, 5) is 23.1. The maximum Gasteiger partial charge on any atom is 0.339 e. The summed E-state index contributed by atoms with van der Waals surface area (Å²) >= 11 is 5.92. The van der Waals surface area contributed by atoms with Crippen molar-refractivity contribution in [3.05, 3.63) is 22.7 Å². The van der Waals surface area contributed by atoms with Gasteiger partial charge in [0.25, 0.3) is 15.9 Å². The summed E-state index contributed by atoms with van der Waals surface area (Å²) in [6.45, 7) is 2.58. The summed E-state index contributed by atoms with van der Waals surface area (Å²) in [5.41, 5.74) is -0.348. The zero-order valence-electron chi connectivity index (χ0n) is 11.4. The highest BCUT2D eigenvalue weighted by Gasteiger charge is 2.61. The molecule has 0 unspecified atom stereocenters. The molecular formula is C12H12ClNO6S. The predicted octanol–water partition coefficient (Wildman–Crippen LogP) is 1.50. The molecule has 1 N–H and O–H groups in total. The van der Waals surface area contributed by atoms with E-state index in [2.05, 4.69) is 0 Å². The van der Waals surface area contributed by atoms with E-state index in [0.29, 0.717) is 4.31 Å². The third-order valence-corrected chi connectivity index (χ3v) is 5.91. The number of carboxylic acid groups (broad SMARTS) is 1. The number of hydrogen-bond donors (Lipinski definition) is 1. The van der Waals surface area contributed by atoms with Gasteiger partial charge in [-0.05, 0) is 19.9 Å². The molecule has 1 aliphatic rings. The molecule has 1 amide bonds. The van der Waals surface area contributed by atoms with E-state index in [4.69, 9.17) is 21.4 Å². The van der Waals surface area contributed by atoms with E-state index in [9.17, 15) is 18.0 Å². The summed E-state index contributed by atoms with van der Waals surface area (Å²) in [5.74, 6) is -2.01. The molecule has 0 aliphatic carbocycles. The quantitative estimate of drug-likeness (QED) is 0.899. The Morgan fingerprint density at radius 1 is 1.38 bits per heavy atom. The van der Waals surface area contributed by atoms with Crippen LogP contribution in [0.1, 0.15) is 24.2 Å². The van der Waals surface area contributed by atoms with Crippen molar-refractivity contribution in [2.24, 2.45) is 0 Å². The maximum atomic E-state index is 12.1. The molecule has 0 bridgehead atoms. The number of halogens is 1. The number of carbonyl (C=O) groups excluding carboxylic acids is 1. The Morgan fingerprint density at radius 2 is 1.95 bits per heavy atom. The van der Waals surface area contributed by atoms with Gasteiger partial charge >= 0.3 is 5.97 Å². The molecule has 0 radical (unpaired) electrons. The number of nitrogens with zero attached hydrogens (tertiary/aromatic N) is 1. The van der Waals surface area contributed by atoms with Crippen LogP contribution in [0.4, 0.5) is 5.69 Å². The van der Waals surface area contributed by atoms with Crippen molar-refractivity contribution >= 4 is 39.2 Å². The minimum Gasteiger partial charge on any atom is -0.496 e. The third-order valence-electron chi connectivity index (χ3n) is 3.30. The van der Waals surface area contributed by atoms with Crippen LogP contribution in [0.25, 0.3) is 0 Å². The fraction of sp³-hybridized carbons (Fsp3) is 0.333. The zero-order chi connectivity index (χ0) is 16.2. The molecule has 114 valence electrons. The van der Waals surface area contributed by atoms with Gasteiger partial charge in [0, 0.05) is 6.07 Å². The van der Waals surface area contributed by atoms with E-state index < -0.39 is 26.6 Å². The minimum atomic E-state index is -3.89. The van der Waals surface area contributed by atoms with E-state index in [-0.39, 0.29) is 22.0 Å². The average Bonchev–Trinajstić information content (AvgIpc) is 2.39. The fourth-order valence-electron chi connectivity index (χ4n) is 1.93. The molecule has 1 fully saturated rings. The predicted molar refractivity (Wildman–Crippen MR) is 75.4 cm³/mol. The molecule has 0 spiro atoms. The molecule has 0 aromatic heterocycles. The lowest BCUT2D eigenvalue weighted by molar-refractivity contribution is -0.120. The highest BCUT2D eigenvalue weighted by molar-refractivity contribution is 7.98. The lowest BCUT2D eigenvalue weighted by Crippen LogP contribution is -2.67. The Kier molecular flexibility index (Phi) is 3.42. The number of hydrogen-bond acceptors (Lipinski definition) is 5. The van der Waals surface area contributed by atoms with Crippen molar-refractivity contribution in [3.8, 4) is 5.75 Å². The monoisotopic (exact) mass is 333 g/mol. The van der Waals surface area contributed by atoms with Crippen LogP contribution < -0.4 is 9.04 Å². The SMILES string of the molecule is COc1cc(N2C(=O)C(C)(C)S2(=O)=O)c(Cl)cc1C(=O)O. The Morgan fingerprint density at radius 3 is 2.38 bits per heavy atom. The number of methoxy groups -OCH3 is 1. The zero-order valence-corrected chi connectivity index (χ0v) is 12.9. The van der Waals surface area contributed by atoms with Crippen molar-refractivity contribution in [3.63, 3.8) is 0 Å². The van der Waals surface area contributed by atoms with Gasteiger partial charge in [0.05, 0.1) is 17.8 Å². The van der Waals surface area contributed by atoms with E-state index >= 15 is 0 Å². The Balaban J connectivity index is 2.63. The van der Waals surface area contributed by atoms with Gasteiger partial charge in [-0.1, -0.05) is 11.6 Å². The molecule has 1 heterocycles. The van der Waals surface area contributed by atoms with Crippen LogP contribution in [-0.2, 0) is 14.8 Å². The van der Waals surface area contributed by atoms with Gasteiger partial charge < -0.3 is 9.84 Å². The maximum absolute atomic E-state index is 12.1. The molecule has 1 aromatic rings. The van der Waals surface area contributed by atoms with Crippen LogP contribution in [0.2, 0.25) is 5.02 Å². The van der Waals surface area contributed by atoms with Crippen LogP contribution in [0.15, 0.2) is 12.1 Å². The number of carboxylic acids is 1. The van der Waals surface area contributed by atoms with Crippen LogP contribution >= 0.6 is 11.6 Å². The summed E-state index contributed by atoms with van der Waals surface area (Å²) < 4.78 is 28.2. The van der Waals surface area contributed by atoms with E-state index in [1.165, 1.54) is 21.0 Å². The van der Waals surface area contributed by atoms with Gasteiger partial charge in [0.2, 0.25) is 0 Å². The molecule has 2 rings (SSSR count). The number of rotatable bonds is 3. The van der Waals surface area contributed by atoms with Crippen LogP contribution in [0.5, 0.6) is 5.75 Å². The molecule has 9 heteroatoms. The smallest absolute Gasteiger partial charge is 0.339 e. The highest BCUT2D eigenvalue weighted by atomic mass is 35.5. The average molecular weight is 334 g/mol. The molecule has 1 aliphatic heterocycles. The second kappa shape index (κ2) is 4.60. The van der Waals surface area contributed by atoms with E-state index in [1.807, 2.05) is 0 Å². The number of aromatic carboxylic acids is 1. The van der Waals surface area contributed by atoms with Gasteiger partial charge in [-0.3, -0.25) is 4.79 Å². The first kappa shape index (κ1) is 15.6. The largest absolute Gasteiger partial charge is 0.496 e. The first-order valence-electron chi connectivity index (χ1n) is 5.76. The van der Waals surface area contributed by atoms with Gasteiger partial charge in [0.15, 0.2) is 4.75 Å². The van der Waals surface area contributed by atoms with Crippen molar-refractivity contribution in [2.45, 2.75) is 18.6 Å². The van der Waals surface area contributed by atoms with Gasteiger partial charge in [-0.2, -0.15) is 0 Å². The van der Waals surface area contributed by atoms with E-state index in [0.717, 1.165) is 12.1 Å². The van der Waals surface area contributed by atoms with Crippen LogP contribution in [0, 0.1) is 0 Å². The van der Waals surface area contributed by atoms with Crippen molar-refractivity contribution in [1.82, 2.24) is 0 Å². The molecule has 0 saturated carbocycles. The van der Waals surface area contributed by atoms with Gasteiger partial charge in [-0.15, -0.1) is 0 Å².